The van der Waals surface area contributed by atoms with Crippen molar-refractivity contribution < 1.29 is 0 Å². The van der Waals surface area contributed by atoms with E-state index in [0.29, 0.717) is 18.5 Å². The Morgan fingerprint density at radius 2 is 0.935 bits per heavy atom. The number of para-hydroxylation sites is 1. The van der Waals surface area contributed by atoms with Crippen LogP contribution in [0.5, 0.6) is 0 Å². The molecule has 0 saturated carbocycles. The fourth-order valence-electron chi connectivity index (χ4n) is 6.12. The van der Waals surface area contributed by atoms with Crippen molar-refractivity contribution in [2.24, 2.45) is 0 Å². The van der Waals surface area contributed by atoms with Gasteiger partial charge in [0.15, 0.2) is 0 Å². The molecule has 3 aromatic carbocycles. The first-order chi connectivity index (χ1) is 15.1. The first kappa shape index (κ1) is 18.2. The van der Waals surface area contributed by atoms with E-state index in [9.17, 15) is 9.59 Å². The number of benzene rings is 3. The molecule has 31 heavy (non-hydrogen) atoms. The van der Waals surface area contributed by atoms with Gasteiger partial charge in [0.05, 0.1) is 5.69 Å². The monoisotopic (exact) mass is 409 g/mol. The highest BCUT2D eigenvalue weighted by molar-refractivity contribution is 5.62. The smallest absolute Gasteiger partial charge is 0.245 e. The van der Waals surface area contributed by atoms with Crippen LogP contribution in [0.1, 0.15) is 48.9 Å². The predicted octanol–water partition coefficient (Wildman–Crippen LogP) is 3.83. The second kappa shape index (κ2) is 5.97. The Morgan fingerprint density at radius 3 is 1.29 bits per heavy atom. The van der Waals surface area contributed by atoms with Crippen LogP contribution in [-0.4, -0.2) is 13.9 Å². The lowest BCUT2D eigenvalue weighted by Crippen LogP contribution is -2.63. The molecule has 2 bridgehead atoms. The quantitative estimate of drug-likeness (QED) is 0.516. The maximum atomic E-state index is 14.0. The zero-order chi connectivity index (χ0) is 21.4. The zero-order valence-electron chi connectivity index (χ0n) is 17.6. The number of nitrogens with zero attached hydrogens (tertiary/aromatic N) is 3. The number of hydrogen-bond donors (Lipinski definition) is 0. The van der Waals surface area contributed by atoms with Crippen molar-refractivity contribution in [3.05, 3.63) is 122 Å². The fourth-order valence-corrected chi connectivity index (χ4v) is 6.12. The van der Waals surface area contributed by atoms with Crippen molar-refractivity contribution in [3.8, 4) is 5.69 Å². The van der Waals surface area contributed by atoms with Gasteiger partial charge in [-0.05, 0) is 47.2 Å². The van der Waals surface area contributed by atoms with Crippen LogP contribution in [0.3, 0.4) is 0 Å². The third-order valence-corrected chi connectivity index (χ3v) is 7.34. The molecule has 3 aliphatic rings. The molecule has 2 aliphatic heterocycles. The van der Waals surface area contributed by atoms with Gasteiger partial charge in [-0.25, -0.2) is 23.5 Å². The largest absolute Gasteiger partial charge is 0.353 e. The van der Waals surface area contributed by atoms with E-state index >= 15 is 0 Å². The van der Waals surface area contributed by atoms with Crippen LogP contribution in [0.4, 0.5) is 0 Å². The summed E-state index contributed by atoms with van der Waals surface area (Å²) in [5.74, 6) is 0. The summed E-state index contributed by atoms with van der Waals surface area (Å²) in [6, 6.07) is 25.8. The first-order valence-electron chi connectivity index (χ1n) is 10.9. The summed E-state index contributed by atoms with van der Waals surface area (Å²) < 4.78 is 4.82. The van der Waals surface area contributed by atoms with Gasteiger partial charge in [0.2, 0.25) is 0 Å². The molecular weight excluding hydrogens is 386 g/mol. The van der Waals surface area contributed by atoms with E-state index in [1.807, 2.05) is 54.6 Å². The molecule has 7 rings (SSSR count). The average Bonchev–Trinajstić information content (AvgIpc) is 3.11. The summed E-state index contributed by atoms with van der Waals surface area (Å²) in [6.07, 6.45) is 1.33. The third-order valence-electron chi connectivity index (χ3n) is 7.34. The van der Waals surface area contributed by atoms with Crippen LogP contribution in [0.15, 0.2) is 88.5 Å². The Balaban J connectivity index is 1.88. The topological polar surface area (TPSA) is 48.9 Å². The van der Waals surface area contributed by atoms with Gasteiger partial charge in [-0.15, -0.1) is 0 Å². The Hall–Kier alpha value is -3.60. The molecule has 154 valence electrons. The Morgan fingerprint density at radius 1 is 0.581 bits per heavy atom. The van der Waals surface area contributed by atoms with E-state index in [4.69, 9.17) is 0 Å². The van der Waals surface area contributed by atoms with Gasteiger partial charge < -0.3 is 0 Å². The van der Waals surface area contributed by atoms with Crippen molar-refractivity contribution in [1.82, 2.24) is 13.9 Å². The highest BCUT2D eigenvalue weighted by Crippen LogP contribution is 2.56. The average molecular weight is 409 g/mol. The zero-order valence-corrected chi connectivity index (χ0v) is 17.6. The fraction of sp³-hybridized carbons (Fsp3) is 0.231. The standard InChI is InChI=1S/C26H23N3O2/c1-3-25-19-14-8-10-16-21(19)26(4-2,22-17-11-9-15-20(22)25)29-24(31)27(23(30)28(25)29)18-12-6-5-7-13-18/h5-17H,3-4H2,1-2H3. The normalized spacial score (nSPS) is 22.6. The summed E-state index contributed by atoms with van der Waals surface area (Å²) in [4.78, 5) is 27.9. The molecule has 1 aromatic heterocycles. The van der Waals surface area contributed by atoms with Crippen LogP contribution in [-0.2, 0) is 11.1 Å². The van der Waals surface area contributed by atoms with Crippen molar-refractivity contribution in [2.75, 3.05) is 0 Å². The number of rotatable bonds is 3. The molecule has 0 atom stereocenters. The lowest BCUT2D eigenvalue weighted by molar-refractivity contribution is 0.166. The van der Waals surface area contributed by atoms with Crippen LogP contribution in [0, 0.1) is 0 Å². The van der Waals surface area contributed by atoms with Gasteiger partial charge in [0.1, 0.15) is 11.1 Å². The van der Waals surface area contributed by atoms with Crippen molar-refractivity contribution in [1.29, 1.82) is 0 Å². The van der Waals surface area contributed by atoms with Crippen LogP contribution >= 0.6 is 0 Å². The Kier molecular flexibility index (Phi) is 3.51. The molecule has 0 saturated heterocycles. The Labute approximate surface area is 179 Å². The molecule has 0 fully saturated rings. The molecule has 3 heterocycles. The molecule has 1 aliphatic carbocycles. The minimum atomic E-state index is -0.722. The summed E-state index contributed by atoms with van der Waals surface area (Å²) in [5.41, 5.74) is 3.03. The molecule has 5 heteroatoms. The van der Waals surface area contributed by atoms with Gasteiger partial charge in [-0.3, -0.25) is 0 Å². The van der Waals surface area contributed by atoms with Crippen molar-refractivity contribution >= 4 is 0 Å². The van der Waals surface area contributed by atoms with Crippen molar-refractivity contribution in [3.63, 3.8) is 0 Å². The third kappa shape index (κ3) is 1.84. The van der Waals surface area contributed by atoms with Gasteiger partial charge >= 0.3 is 11.4 Å². The predicted molar refractivity (Wildman–Crippen MR) is 120 cm³/mol. The summed E-state index contributed by atoms with van der Waals surface area (Å²) in [6.45, 7) is 4.19. The summed E-state index contributed by atoms with van der Waals surface area (Å²) >= 11 is 0. The van der Waals surface area contributed by atoms with Gasteiger partial charge in [-0.1, -0.05) is 80.6 Å². The highest BCUT2D eigenvalue weighted by atomic mass is 16.2. The molecule has 4 aromatic rings. The van der Waals surface area contributed by atoms with Gasteiger partial charge in [0.25, 0.3) is 0 Å². The van der Waals surface area contributed by atoms with E-state index in [1.165, 1.54) is 4.57 Å². The molecular formula is C26H23N3O2. The van der Waals surface area contributed by atoms with Crippen LogP contribution < -0.4 is 11.4 Å². The minimum absolute atomic E-state index is 0.292. The van der Waals surface area contributed by atoms with E-state index in [-0.39, 0.29) is 11.4 Å². The summed E-state index contributed by atoms with van der Waals surface area (Å²) in [7, 11) is 0. The molecule has 5 nitrogen and oxygen atoms in total. The summed E-state index contributed by atoms with van der Waals surface area (Å²) in [5, 5.41) is 0. The maximum absolute atomic E-state index is 14.0. The minimum Gasteiger partial charge on any atom is -0.245 e. The first-order valence-corrected chi connectivity index (χ1v) is 10.9. The lowest BCUT2D eigenvalue weighted by Gasteiger charge is -2.55. The number of aromatic nitrogens is 3. The van der Waals surface area contributed by atoms with E-state index in [2.05, 4.69) is 38.1 Å². The molecule has 0 spiro atoms. The SMILES string of the molecule is CCC12c3ccccc3C(CC)(c3ccccc31)n1c(=O)n(-c3ccccc3)c(=O)n12. The molecule has 0 N–H and O–H groups in total. The maximum Gasteiger partial charge on any atom is 0.353 e. The van der Waals surface area contributed by atoms with Crippen molar-refractivity contribution in [2.45, 2.75) is 37.8 Å². The van der Waals surface area contributed by atoms with E-state index in [1.54, 1.807) is 9.36 Å². The van der Waals surface area contributed by atoms with Crippen LogP contribution in [0.2, 0.25) is 0 Å². The second-order valence-electron chi connectivity index (χ2n) is 8.38. The Bertz CT molecular complexity index is 1320. The molecule has 0 radical (unpaired) electrons. The van der Waals surface area contributed by atoms with E-state index in [0.717, 1.165) is 22.3 Å². The van der Waals surface area contributed by atoms with Gasteiger partial charge in [-0.2, -0.15) is 0 Å². The lowest BCUT2D eigenvalue weighted by atomic mass is 9.61. The van der Waals surface area contributed by atoms with Crippen LogP contribution in [0.25, 0.3) is 5.69 Å². The second-order valence-corrected chi connectivity index (χ2v) is 8.38. The molecule has 0 amide bonds. The van der Waals surface area contributed by atoms with E-state index < -0.39 is 11.1 Å². The number of hydrogen-bond acceptors (Lipinski definition) is 2. The highest BCUT2D eigenvalue weighted by Gasteiger charge is 2.59. The van der Waals surface area contributed by atoms with Gasteiger partial charge in [0, 0.05) is 0 Å². The molecule has 0 unspecified atom stereocenters.